The van der Waals surface area contributed by atoms with E-state index in [1.165, 1.54) is 0 Å². The number of carboxylic acid groups (broad SMARTS) is 1. The van der Waals surface area contributed by atoms with Crippen LogP contribution in [0.25, 0.3) is 0 Å². The number of hydrogen-bond donors (Lipinski definition) is 2. The smallest absolute Gasteiger partial charge is 0.303 e. The number of anilines is 1. The van der Waals surface area contributed by atoms with Crippen LogP contribution in [0.3, 0.4) is 0 Å². The van der Waals surface area contributed by atoms with Crippen LogP contribution in [0.2, 0.25) is 0 Å². The van der Waals surface area contributed by atoms with Crippen molar-refractivity contribution in [3.63, 3.8) is 0 Å². The van der Waals surface area contributed by atoms with Gasteiger partial charge in [-0.25, -0.2) is 4.98 Å². The normalized spacial score (nSPS) is 12.4. The first-order valence-electron chi connectivity index (χ1n) is 4.03. The first-order chi connectivity index (χ1) is 6.11. The Labute approximate surface area is 76.4 Å². The van der Waals surface area contributed by atoms with Gasteiger partial charge in [0.25, 0.3) is 0 Å². The summed E-state index contributed by atoms with van der Waals surface area (Å²) in [5, 5.41) is 8.57. The molecule has 0 radical (unpaired) electrons. The molecule has 0 bridgehead atoms. The van der Waals surface area contributed by atoms with Crippen LogP contribution in [-0.2, 0) is 4.79 Å². The zero-order valence-corrected chi connectivity index (χ0v) is 7.40. The average Bonchev–Trinajstić information content (AvgIpc) is 2.03. The predicted molar refractivity (Wildman–Crippen MR) is 49.3 cm³/mol. The summed E-state index contributed by atoms with van der Waals surface area (Å²) in [4.78, 5) is 14.3. The molecule has 0 aliphatic carbocycles. The van der Waals surface area contributed by atoms with Gasteiger partial charge in [0.05, 0.1) is 6.42 Å². The van der Waals surface area contributed by atoms with Crippen molar-refractivity contribution >= 4 is 11.8 Å². The molecule has 4 heteroatoms. The highest BCUT2D eigenvalue weighted by Crippen LogP contribution is 2.22. The quantitative estimate of drug-likeness (QED) is 0.733. The zero-order valence-electron chi connectivity index (χ0n) is 7.40. The molecular formula is C9H12N2O2. The summed E-state index contributed by atoms with van der Waals surface area (Å²) in [7, 11) is 0. The summed E-state index contributed by atoms with van der Waals surface area (Å²) in [6.07, 6.45) is 1.67. The van der Waals surface area contributed by atoms with Gasteiger partial charge in [-0.3, -0.25) is 4.79 Å². The van der Waals surface area contributed by atoms with E-state index in [2.05, 4.69) is 4.98 Å². The number of pyridine rings is 1. The van der Waals surface area contributed by atoms with E-state index in [9.17, 15) is 4.79 Å². The third-order valence-corrected chi connectivity index (χ3v) is 1.88. The second kappa shape index (κ2) is 3.89. The molecule has 0 spiro atoms. The SMILES string of the molecule is CC(CC(=O)O)c1cccnc1N. The van der Waals surface area contributed by atoms with E-state index >= 15 is 0 Å². The molecule has 1 heterocycles. The lowest BCUT2D eigenvalue weighted by Gasteiger charge is -2.10. The van der Waals surface area contributed by atoms with Crippen molar-refractivity contribution in [1.82, 2.24) is 4.98 Å². The molecule has 3 N–H and O–H groups in total. The Balaban J connectivity index is 2.82. The number of aliphatic carboxylic acids is 1. The maximum atomic E-state index is 10.4. The van der Waals surface area contributed by atoms with Crippen LogP contribution in [0, 0.1) is 0 Å². The van der Waals surface area contributed by atoms with Crippen LogP contribution in [0.1, 0.15) is 24.8 Å². The summed E-state index contributed by atoms with van der Waals surface area (Å²) in [6.45, 7) is 1.82. The molecule has 13 heavy (non-hydrogen) atoms. The second-order valence-corrected chi connectivity index (χ2v) is 2.98. The van der Waals surface area contributed by atoms with Crippen LogP contribution in [0.4, 0.5) is 5.82 Å². The molecule has 0 aromatic carbocycles. The van der Waals surface area contributed by atoms with Gasteiger partial charge in [-0.1, -0.05) is 13.0 Å². The fourth-order valence-corrected chi connectivity index (χ4v) is 1.22. The molecule has 1 atom stereocenters. The number of nitrogens with zero attached hydrogens (tertiary/aromatic N) is 1. The molecule has 1 unspecified atom stereocenters. The molecule has 0 saturated heterocycles. The minimum absolute atomic E-state index is 0.0793. The minimum atomic E-state index is -0.823. The number of hydrogen-bond acceptors (Lipinski definition) is 3. The van der Waals surface area contributed by atoms with Crippen LogP contribution >= 0.6 is 0 Å². The lowest BCUT2D eigenvalue weighted by molar-refractivity contribution is -0.137. The van der Waals surface area contributed by atoms with Crippen molar-refractivity contribution in [3.05, 3.63) is 23.9 Å². The Morgan fingerprint density at radius 2 is 2.46 bits per heavy atom. The Morgan fingerprint density at radius 1 is 1.77 bits per heavy atom. The average molecular weight is 180 g/mol. The van der Waals surface area contributed by atoms with Crippen molar-refractivity contribution in [2.24, 2.45) is 0 Å². The van der Waals surface area contributed by atoms with E-state index in [1.54, 1.807) is 18.3 Å². The van der Waals surface area contributed by atoms with Crippen LogP contribution < -0.4 is 5.73 Å². The molecule has 0 fully saturated rings. The first kappa shape index (κ1) is 9.51. The van der Waals surface area contributed by atoms with Crippen LogP contribution in [0.5, 0.6) is 0 Å². The number of carboxylic acids is 1. The van der Waals surface area contributed by atoms with E-state index < -0.39 is 5.97 Å². The molecule has 0 amide bonds. The second-order valence-electron chi connectivity index (χ2n) is 2.98. The topological polar surface area (TPSA) is 76.2 Å². The van der Waals surface area contributed by atoms with Gasteiger partial charge in [0, 0.05) is 6.20 Å². The van der Waals surface area contributed by atoms with Gasteiger partial charge >= 0.3 is 5.97 Å². The predicted octanol–water partition coefficient (Wildman–Crippen LogP) is 1.24. The van der Waals surface area contributed by atoms with E-state index in [0.717, 1.165) is 5.56 Å². The highest BCUT2D eigenvalue weighted by Gasteiger charge is 2.12. The Kier molecular flexibility index (Phi) is 2.84. The van der Waals surface area contributed by atoms with E-state index in [4.69, 9.17) is 10.8 Å². The lowest BCUT2D eigenvalue weighted by atomic mass is 9.99. The standard InChI is InChI=1S/C9H12N2O2/c1-6(5-8(12)13)7-3-2-4-11-9(7)10/h2-4,6H,5H2,1H3,(H2,10,11)(H,12,13). The molecule has 70 valence electrons. The number of aromatic nitrogens is 1. The summed E-state index contributed by atoms with van der Waals surface area (Å²) in [6, 6.07) is 3.56. The number of carbonyl (C=O) groups is 1. The third-order valence-electron chi connectivity index (χ3n) is 1.88. The van der Waals surface area contributed by atoms with Gasteiger partial charge in [0.2, 0.25) is 0 Å². The Bertz CT molecular complexity index is 312. The van der Waals surface area contributed by atoms with E-state index in [-0.39, 0.29) is 12.3 Å². The number of nitrogens with two attached hydrogens (primary N) is 1. The third kappa shape index (κ3) is 2.43. The zero-order chi connectivity index (χ0) is 9.84. The molecule has 0 aliphatic heterocycles. The lowest BCUT2D eigenvalue weighted by Crippen LogP contribution is -2.06. The maximum absolute atomic E-state index is 10.4. The van der Waals surface area contributed by atoms with Crippen molar-refractivity contribution in [1.29, 1.82) is 0 Å². The van der Waals surface area contributed by atoms with Crippen molar-refractivity contribution in [2.45, 2.75) is 19.3 Å². The Hall–Kier alpha value is -1.58. The van der Waals surface area contributed by atoms with Gasteiger partial charge < -0.3 is 10.8 Å². The molecule has 1 aromatic rings. The summed E-state index contributed by atoms with van der Waals surface area (Å²) in [5.41, 5.74) is 6.39. The first-order valence-corrected chi connectivity index (χ1v) is 4.03. The molecule has 1 aromatic heterocycles. The van der Waals surface area contributed by atoms with Gasteiger partial charge in [-0.15, -0.1) is 0 Å². The molecule has 0 saturated carbocycles. The van der Waals surface area contributed by atoms with Crippen molar-refractivity contribution in [2.75, 3.05) is 5.73 Å². The van der Waals surface area contributed by atoms with Crippen molar-refractivity contribution < 1.29 is 9.90 Å². The highest BCUT2D eigenvalue weighted by atomic mass is 16.4. The summed E-state index contributed by atoms with van der Waals surface area (Å²) >= 11 is 0. The van der Waals surface area contributed by atoms with E-state index in [1.807, 2.05) is 6.92 Å². The van der Waals surface area contributed by atoms with Crippen LogP contribution in [-0.4, -0.2) is 16.1 Å². The maximum Gasteiger partial charge on any atom is 0.303 e. The van der Waals surface area contributed by atoms with Crippen LogP contribution in [0.15, 0.2) is 18.3 Å². The van der Waals surface area contributed by atoms with Crippen molar-refractivity contribution in [3.8, 4) is 0 Å². The number of rotatable bonds is 3. The highest BCUT2D eigenvalue weighted by molar-refractivity contribution is 5.68. The summed E-state index contributed by atoms with van der Waals surface area (Å²) < 4.78 is 0. The van der Waals surface area contributed by atoms with Gasteiger partial charge in [0.15, 0.2) is 0 Å². The Morgan fingerprint density at radius 3 is 3.00 bits per heavy atom. The van der Waals surface area contributed by atoms with Gasteiger partial charge in [0.1, 0.15) is 5.82 Å². The number of nitrogen functional groups attached to an aromatic ring is 1. The minimum Gasteiger partial charge on any atom is -0.481 e. The molecule has 1 rings (SSSR count). The van der Waals surface area contributed by atoms with Gasteiger partial charge in [-0.2, -0.15) is 0 Å². The largest absolute Gasteiger partial charge is 0.481 e. The molecule has 0 aliphatic rings. The fourth-order valence-electron chi connectivity index (χ4n) is 1.22. The van der Waals surface area contributed by atoms with E-state index in [0.29, 0.717) is 5.82 Å². The fraction of sp³-hybridized carbons (Fsp3) is 0.333. The monoisotopic (exact) mass is 180 g/mol. The summed E-state index contributed by atoms with van der Waals surface area (Å²) in [5.74, 6) is -0.502. The van der Waals surface area contributed by atoms with Gasteiger partial charge in [-0.05, 0) is 17.5 Å². The molecular weight excluding hydrogens is 168 g/mol. The molecule has 4 nitrogen and oxygen atoms in total.